The molecule has 0 bridgehead atoms. The van der Waals surface area contributed by atoms with Crippen molar-refractivity contribution in [3.05, 3.63) is 12.7 Å². The van der Waals surface area contributed by atoms with Crippen molar-refractivity contribution < 1.29 is 24.0 Å². The van der Waals surface area contributed by atoms with Crippen LogP contribution in [-0.4, -0.2) is 27.1 Å². The van der Waals surface area contributed by atoms with E-state index < -0.39 is 20.0 Å². The molecule has 0 radical (unpaired) electrons. The monoisotopic (exact) mass is 196 g/mol. The van der Waals surface area contributed by atoms with Gasteiger partial charge in [-0.15, -0.1) is 6.58 Å². The number of rotatable bonds is 5. The maximum absolute atomic E-state index is 10.3. The minimum atomic E-state index is -4.49. The lowest BCUT2D eigenvalue weighted by Gasteiger charge is -2.17. The molecule has 0 spiro atoms. The van der Waals surface area contributed by atoms with Crippen molar-refractivity contribution >= 4 is 7.82 Å². The second kappa shape index (κ2) is 4.74. The zero-order valence-electron chi connectivity index (χ0n) is 6.75. The summed E-state index contributed by atoms with van der Waals surface area (Å²) in [7, 11) is -4.49. The van der Waals surface area contributed by atoms with Gasteiger partial charge in [-0.2, -0.15) is 0 Å². The van der Waals surface area contributed by atoms with Gasteiger partial charge >= 0.3 is 7.82 Å². The van der Waals surface area contributed by atoms with Crippen LogP contribution in [0.4, 0.5) is 0 Å². The van der Waals surface area contributed by atoms with Crippen molar-refractivity contribution in [3.63, 3.8) is 0 Å². The Morgan fingerprint density at radius 1 is 1.67 bits per heavy atom. The van der Waals surface area contributed by atoms with Crippen LogP contribution in [0.1, 0.15) is 13.3 Å². The van der Waals surface area contributed by atoms with Crippen molar-refractivity contribution in [3.8, 4) is 0 Å². The first kappa shape index (κ1) is 11.8. The van der Waals surface area contributed by atoms with Crippen LogP contribution in [0, 0.1) is 0 Å². The Morgan fingerprint density at radius 3 is 2.50 bits per heavy atom. The van der Waals surface area contributed by atoms with Crippen LogP contribution in [0.5, 0.6) is 0 Å². The third-order valence-electron chi connectivity index (χ3n) is 1.25. The number of aliphatic hydroxyl groups excluding tert-OH is 1. The number of hydrogen-bond acceptors (Lipinski definition) is 3. The summed E-state index contributed by atoms with van der Waals surface area (Å²) in [6.07, 6.45) is -0.148. The fourth-order valence-electron chi connectivity index (χ4n) is 0.649. The van der Waals surface area contributed by atoms with Crippen LogP contribution >= 0.6 is 7.82 Å². The van der Waals surface area contributed by atoms with Crippen LogP contribution in [0.2, 0.25) is 0 Å². The minimum absolute atomic E-state index is 0.237. The molecule has 0 aromatic carbocycles. The van der Waals surface area contributed by atoms with E-state index in [4.69, 9.17) is 14.9 Å². The molecule has 2 atom stereocenters. The van der Waals surface area contributed by atoms with Crippen molar-refractivity contribution in [2.24, 2.45) is 0 Å². The molecule has 5 nitrogen and oxygen atoms in total. The summed E-state index contributed by atoms with van der Waals surface area (Å²) in [6, 6.07) is 0. The molecule has 0 aromatic heterocycles. The second-order valence-corrected chi connectivity index (χ2v) is 3.58. The molecule has 0 aromatic rings. The van der Waals surface area contributed by atoms with E-state index in [0.717, 1.165) is 0 Å². The molecule has 0 saturated heterocycles. The van der Waals surface area contributed by atoms with Gasteiger partial charge < -0.3 is 14.9 Å². The molecule has 0 rings (SSSR count). The van der Waals surface area contributed by atoms with E-state index in [1.165, 1.54) is 13.0 Å². The molecule has 72 valence electrons. The van der Waals surface area contributed by atoms with Crippen LogP contribution in [0.25, 0.3) is 0 Å². The van der Waals surface area contributed by atoms with E-state index in [2.05, 4.69) is 11.1 Å². The molecule has 2 unspecified atom stereocenters. The van der Waals surface area contributed by atoms with Gasteiger partial charge in [0.1, 0.15) is 0 Å². The molecule has 0 saturated carbocycles. The van der Waals surface area contributed by atoms with Crippen LogP contribution < -0.4 is 0 Å². The molecule has 0 aliphatic carbocycles. The summed E-state index contributed by atoms with van der Waals surface area (Å²) >= 11 is 0. The van der Waals surface area contributed by atoms with Gasteiger partial charge in [-0.1, -0.05) is 6.08 Å². The Kier molecular flexibility index (Phi) is 4.67. The maximum Gasteiger partial charge on any atom is 0.469 e. The average Bonchev–Trinajstić information content (AvgIpc) is 1.84. The molecule has 0 heterocycles. The Morgan fingerprint density at radius 2 is 2.17 bits per heavy atom. The molecule has 0 aliphatic heterocycles. The molecule has 0 amide bonds. The highest BCUT2D eigenvalue weighted by Gasteiger charge is 2.23. The SMILES string of the molecule is C=CCC(O)C(C)OP(=O)(O)O. The zero-order valence-corrected chi connectivity index (χ0v) is 7.65. The first-order valence-corrected chi connectivity index (χ1v) is 4.92. The van der Waals surface area contributed by atoms with E-state index in [0.29, 0.717) is 0 Å². The first-order chi connectivity index (χ1) is 5.37. The zero-order chi connectivity index (χ0) is 9.78. The Hall–Kier alpha value is -0.190. The fourth-order valence-corrected chi connectivity index (χ4v) is 1.22. The highest BCUT2D eigenvalue weighted by Crippen LogP contribution is 2.38. The smallest absolute Gasteiger partial charge is 0.390 e. The maximum atomic E-state index is 10.3. The molecular weight excluding hydrogens is 183 g/mol. The predicted octanol–water partition coefficient (Wildman–Crippen LogP) is 0.421. The number of hydrogen-bond donors (Lipinski definition) is 3. The number of aliphatic hydroxyl groups is 1. The summed E-state index contributed by atoms with van der Waals surface area (Å²) in [5, 5.41) is 9.14. The molecular formula is C6H13O5P. The summed E-state index contributed by atoms with van der Waals surface area (Å²) < 4.78 is 14.5. The lowest BCUT2D eigenvalue weighted by Crippen LogP contribution is -2.24. The van der Waals surface area contributed by atoms with E-state index >= 15 is 0 Å². The third kappa shape index (κ3) is 5.46. The number of phosphoric acid groups is 1. The Labute approximate surface area is 70.9 Å². The highest BCUT2D eigenvalue weighted by molar-refractivity contribution is 7.46. The number of phosphoric ester groups is 1. The second-order valence-electron chi connectivity index (χ2n) is 2.39. The van der Waals surface area contributed by atoms with Gasteiger partial charge in [0.25, 0.3) is 0 Å². The molecule has 6 heteroatoms. The predicted molar refractivity (Wildman–Crippen MR) is 43.4 cm³/mol. The first-order valence-electron chi connectivity index (χ1n) is 3.39. The topological polar surface area (TPSA) is 87.0 Å². The van der Waals surface area contributed by atoms with Crippen molar-refractivity contribution in [1.29, 1.82) is 0 Å². The van der Waals surface area contributed by atoms with Crippen molar-refractivity contribution in [2.75, 3.05) is 0 Å². The van der Waals surface area contributed by atoms with Gasteiger partial charge in [-0.25, -0.2) is 4.57 Å². The van der Waals surface area contributed by atoms with E-state index in [-0.39, 0.29) is 6.42 Å². The van der Waals surface area contributed by atoms with Gasteiger partial charge in [0.05, 0.1) is 12.2 Å². The summed E-state index contributed by atoms with van der Waals surface area (Å²) in [4.78, 5) is 16.7. The lowest BCUT2D eigenvalue weighted by atomic mass is 10.2. The lowest BCUT2D eigenvalue weighted by molar-refractivity contribution is 0.0296. The van der Waals surface area contributed by atoms with Crippen LogP contribution in [-0.2, 0) is 9.09 Å². The molecule has 0 fully saturated rings. The molecule has 12 heavy (non-hydrogen) atoms. The van der Waals surface area contributed by atoms with E-state index in [1.54, 1.807) is 0 Å². The van der Waals surface area contributed by atoms with Crippen LogP contribution in [0.15, 0.2) is 12.7 Å². The molecule has 3 N–H and O–H groups in total. The average molecular weight is 196 g/mol. The van der Waals surface area contributed by atoms with Gasteiger partial charge in [-0.3, -0.25) is 4.52 Å². The Balaban J connectivity index is 3.94. The molecule has 0 aliphatic rings. The summed E-state index contributed by atoms with van der Waals surface area (Å²) in [5.74, 6) is 0. The summed E-state index contributed by atoms with van der Waals surface area (Å²) in [6.45, 7) is 4.75. The highest BCUT2D eigenvalue weighted by atomic mass is 31.2. The van der Waals surface area contributed by atoms with Gasteiger partial charge in [0.2, 0.25) is 0 Å². The van der Waals surface area contributed by atoms with E-state index in [9.17, 15) is 4.57 Å². The van der Waals surface area contributed by atoms with Gasteiger partial charge in [-0.05, 0) is 13.3 Å². The largest absolute Gasteiger partial charge is 0.469 e. The minimum Gasteiger partial charge on any atom is -0.390 e. The normalized spacial score (nSPS) is 17.0. The standard InChI is InChI=1S/C6H13O5P/c1-3-4-6(7)5(2)11-12(8,9)10/h3,5-7H,1,4H2,2H3,(H2,8,9,10). The van der Waals surface area contributed by atoms with Crippen molar-refractivity contribution in [2.45, 2.75) is 25.6 Å². The van der Waals surface area contributed by atoms with E-state index in [1.807, 2.05) is 0 Å². The van der Waals surface area contributed by atoms with Gasteiger partial charge in [0, 0.05) is 0 Å². The Bertz CT molecular complexity index is 186. The summed E-state index contributed by atoms with van der Waals surface area (Å²) in [5.41, 5.74) is 0. The fraction of sp³-hybridized carbons (Fsp3) is 0.667. The third-order valence-corrected chi connectivity index (χ3v) is 1.86. The van der Waals surface area contributed by atoms with Crippen molar-refractivity contribution in [1.82, 2.24) is 0 Å². The van der Waals surface area contributed by atoms with Crippen LogP contribution in [0.3, 0.4) is 0 Å². The van der Waals surface area contributed by atoms with Gasteiger partial charge in [0.15, 0.2) is 0 Å². The quantitative estimate of drug-likeness (QED) is 0.438.